The Morgan fingerprint density at radius 3 is 2.43 bits per heavy atom. The lowest BCUT2D eigenvalue weighted by molar-refractivity contribution is -0.119. The third-order valence-corrected chi connectivity index (χ3v) is 9.83. The average molecular weight is 575 g/mol. The molecule has 2 aromatic heterocycles. The summed E-state index contributed by atoms with van der Waals surface area (Å²) in [6, 6.07) is 11.5. The Labute approximate surface area is 230 Å². The second-order valence-corrected chi connectivity index (χ2v) is 12.8. The summed E-state index contributed by atoms with van der Waals surface area (Å²) in [5, 5.41) is 5.89. The molecule has 2 N–H and O–H groups in total. The minimum atomic E-state index is -0.0966. The number of rotatable bonds is 11. The van der Waals surface area contributed by atoms with Crippen LogP contribution >= 0.6 is 46.2 Å². The molecular formula is C25H26N4O4S4. The zero-order valence-electron chi connectivity index (χ0n) is 20.2. The van der Waals surface area contributed by atoms with E-state index in [1.165, 1.54) is 34.9 Å². The predicted molar refractivity (Wildman–Crippen MR) is 152 cm³/mol. The number of aromatic nitrogens is 2. The summed E-state index contributed by atoms with van der Waals surface area (Å²) < 4.78 is 14.8. The molecule has 0 aliphatic carbocycles. The van der Waals surface area contributed by atoms with Crippen LogP contribution in [0.3, 0.4) is 0 Å². The summed E-state index contributed by atoms with van der Waals surface area (Å²) in [4.78, 5) is 33.9. The number of carbonyl (C=O) groups is 2. The SMILES string of the molecule is CCOc1ccc2nc(SCC(=O)Nc3ccc4nc(SCC(=O)NC[C@@H]5CCCO5)sc4c3)sc2c1. The second-order valence-electron chi connectivity index (χ2n) is 8.27. The third-order valence-electron chi connectivity index (χ3n) is 5.51. The van der Waals surface area contributed by atoms with Crippen LogP contribution in [-0.2, 0) is 14.3 Å². The summed E-state index contributed by atoms with van der Waals surface area (Å²) in [6.07, 6.45) is 2.20. The zero-order valence-corrected chi connectivity index (χ0v) is 23.4. The van der Waals surface area contributed by atoms with Crippen molar-refractivity contribution in [1.29, 1.82) is 0 Å². The topological polar surface area (TPSA) is 102 Å². The number of hydrogen-bond donors (Lipinski definition) is 2. The maximum absolute atomic E-state index is 12.6. The lowest BCUT2D eigenvalue weighted by Gasteiger charge is -2.09. The van der Waals surface area contributed by atoms with Crippen LogP contribution in [0.5, 0.6) is 5.75 Å². The zero-order chi connectivity index (χ0) is 25.6. The van der Waals surface area contributed by atoms with Gasteiger partial charge in [-0.2, -0.15) is 0 Å². The third kappa shape index (κ3) is 7.14. The number of benzene rings is 2. The predicted octanol–water partition coefficient (Wildman–Crippen LogP) is 5.42. The summed E-state index contributed by atoms with van der Waals surface area (Å²) >= 11 is 5.90. The van der Waals surface area contributed by atoms with E-state index in [0.29, 0.717) is 18.9 Å². The van der Waals surface area contributed by atoms with Gasteiger partial charge in [0.2, 0.25) is 11.8 Å². The fraction of sp³-hybridized carbons (Fsp3) is 0.360. The number of carbonyl (C=O) groups excluding carboxylic acids is 2. The van der Waals surface area contributed by atoms with E-state index in [9.17, 15) is 9.59 Å². The Bertz CT molecular complexity index is 1400. The molecule has 0 saturated carbocycles. The fourth-order valence-corrected chi connectivity index (χ4v) is 7.62. The maximum Gasteiger partial charge on any atom is 0.234 e. The molecule has 4 aromatic rings. The number of nitrogens with one attached hydrogen (secondary N) is 2. The van der Waals surface area contributed by atoms with Crippen LogP contribution in [0.25, 0.3) is 20.4 Å². The highest BCUT2D eigenvalue weighted by Gasteiger charge is 2.17. The van der Waals surface area contributed by atoms with Crippen molar-refractivity contribution in [3.8, 4) is 5.75 Å². The van der Waals surface area contributed by atoms with Crippen molar-refractivity contribution in [2.24, 2.45) is 0 Å². The highest BCUT2D eigenvalue weighted by atomic mass is 32.2. The summed E-state index contributed by atoms with van der Waals surface area (Å²) in [6.45, 7) is 3.92. The molecule has 1 saturated heterocycles. The molecule has 1 atom stereocenters. The molecule has 1 aliphatic rings. The fourth-order valence-electron chi connectivity index (χ4n) is 3.78. The quantitative estimate of drug-likeness (QED) is 0.229. The second kappa shape index (κ2) is 12.4. The van der Waals surface area contributed by atoms with E-state index < -0.39 is 0 Å². The molecule has 37 heavy (non-hydrogen) atoms. The monoisotopic (exact) mass is 574 g/mol. The van der Waals surface area contributed by atoms with Crippen molar-refractivity contribution in [2.45, 2.75) is 34.5 Å². The van der Waals surface area contributed by atoms with Crippen molar-refractivity contribution in [3.63, 3.8) is 0 Å². The smallest absolute Gasteiger partial charge is 0.234 e. The van der Waals surface area contributed by atoms with Gasteiger partial charge in [-0.15, -0.1) is 22.7 Å². The average Bonchev–Trinajstić information content (AvgIpc) is 3.64. The highest BCUT2D eigenvalue weighted by Crippen LogP contribution is 2.33. The number of anilines is 1. The number of thioether (sulfide) groups is 2. The van der Waals surface area contributed by atoms with Gasteiger partial charge in [-0.1, -0.05) is 23.5 Å². The van der Waals surface area contributed by atoms with Gasteiger partial charge in [0, 0.05) is 18.8 Å². The Morgan fingerprint density at radius 2 is 1.73 bits per heavy atom. The van der Waals surface area contributed by atoms with Gasteiger partial charge in [0.1, 0.15) is 5.75 Å². The summed E-state index contributed by atoms with van der Waals surface area (Å²) in [5.74, 6) is 1.28. The molecule has 194 valence electrons. The molecule has 2 aromatic carbocycles. The van der Waals surface area contributed by atoms with Crippen LogP contribution in [0.2, 0.25) is 0 Å². The van der Waals surface area contributed by atoms with Gasteiger partial charge >= 0.3 is 0 Å². The standard InChI is InChI=1S/C25H26N4O4S4/c1-2-32-16-6-8-19-21(11-16)37-25(29-19)35-14-23(31)27-15-5-7-18-20(10-15)36-24(28-18)34-13-22(30)26-12-17-4-3-9-33-17/h5-8,10-11,17H,2-4,9,12-14H2,1H3,(H,26,30)(H,27,31)/t17-/m0/s1. The Morgan fingerprint density at radius 1 is 1.03 bits per heavy atom. The first-order valence-electron chi connectivity index (χ1n) is 11.9. The minimum absolute atomic E-state index is 0.0203. The number of amides is 2. The first-order chi connectivity index (χ1) is 18.1. The maximum atomic E-state index is 12.6. The van der Waals surface area contributed by atoms with Crippen LogP contribution in [-0.4, -0.2) is 59.2 Å². The highest BCUT2D eigenvalue weighted by molar-refractivity contribution is 8.02. The summed E-state index contributed by atoms with van der Waals surface area (Å²) in [5.41, 5.74) is 2.47. The number of hydrogen-bond acceptors (Lipinski definition) is 10. The van der Waals surface area contributed by atoms with Gasteiger partial charge in [-0.3, -0.25) is 9.59 Å². The van der Waals surface area contributed by atoms with Gasteiger partial charge in [0.05, 0.1) is 44.6 Å². The van der Waals surface area contributed by atoms with Gasteiger partial charge in [-0.25, -0.2) is 9.97 Å². The van der Waals surface area contributed by atoms with Crippen LogP contribution in [0.15, 0.2) is 45.1 Å². The first-order valence-corrected chi connectivity index (χ1v) is 15.5. The van der Waals surface area contributed by atoms with Crippen molar-refractivity contribution in [3.05, 3.63) is 36.4 Å². The van der Waals surface area contributed by atoms with Crippen molar-refractivity contribution >= 4 is 84.1 Å². The number of fused-ring (bicyclic) bond motifs is 2. The van der Waals surface area contributed by atoms with Gasteiger partial charge in [0.15, 0.2) is 8.68 Å². The van der Waals surface area contributed by atoms with E-state index in [-0.39, 0.29) is 23.7 Å². The molecule has 3 heterocycles. The normalized spacial score (nSPS) is 15.3. The molecule has 1 aliphatic heterocycles. The van der Waals surface area contributed by atoms with Gasteiger partial charge in [-0.05, 0) is 56.2 Å². The molecule has 1 fully saturated rings. The number of thiazole rings is 2. The Hall–Kier alpha value is -2.38. The lowest BCUT2D eigenvalue weighted by atomic mass is 10.2. The van der Waals surface area contributed by atoms with Crippen molar-refractivity contribution in [1.82, 2.24) is 15.3 Å². The van der Waals surface area contributed by atoms with E-state index in [1.807, 2.05) is 43.3 Å². The first kappa shape index (κ1) is 26.2. The molecule has 8 nitrogen and oxygen atoms in total. The molecule has 0 spiro atoms. The number of ether oxygens (including phenoxy) is 2. The number of nitrogens with zero attached hydrogens (tertiary/aromatic N) is 2. The lowest BCUT2D eigenvalue weighted by Crippen LogP contribution is -2.32. The Kier molecular flexibility index (Phi) is 8.82. The van der Waals surface area contributed by atoms with Crippen LogP contribution in [0.1, 0.15) is 19.8 Å². The molecule has 5 rings (SSSR count). The van der Waals surface area contributed by atoms with E-state index in [2.05, 4.69) is 20.6 Å². The van der Waals surface area contributed by atoms with E-state index in [4.69, 9.17) is 9.47 Å². The molecule has 0 bridgehead atoms. The molecule has 0 radical (unpaired) electrons. The van der Waals surface area contributed by atoms with E-state index >= 15 is 0 Å². The molecule has 2 amide bonds. The van der Waals surface area contributed by atoms with Gasteiger partial charge in [0.25, 0.3) is 0 Å². The van der Waals surface area contributed by atoms with Crippen molar-refractivity contribution in [2.75, 3.05) is 36.6 Å². The Balaban J connectivity index is 1.11. The van der Waals surface area contributed by atoms with E-state index in [0.717, 1.165) is 60.0 Å². The summed E-state index contributed by atoms with van der Waals surface area (Å²) in [7, 11) is 0. The van der Waals surface area contributed by atoms with Crippen LogP contribution < -0.4 is 15.4 Å². The molecular weight excluding hydrogens is 549 g/mol. The van der Waals surface area contributed by atoms with E-state index in [1.54, 1.807) is 11.3 Å². The minimum Gasteiger partial charge on any atom is -0.494 e. The van der Waals surface area contributed by atoms with Crippen LogP contribution in [0, 0.1) is 0 Å². The molecule has 0 unspecified atom stereocenters. The van der Waals surface area contributed by atoms with Crippen molar-refractivity contribution < 1.29 is 19.1 Å². The largest absolute Gasteiger partial charge is 0.494 e. The van der Waals surface area contributed by atoms with Gasteiger partial charge < -0.3 is 20.1 Å². The molecule has 12 heteroatoms. The van der Waals surface area contributed by atoms with Crippen LogP contribution in [0.4, 0.5) is 5.69 Å².